The first kappa shape index (κ1) is 19.4. The van der Waals surface area contributed by atoms with Crippen molar-refractivity contribution in [1.29, 1.82) is 0 Å². The van der Waals surface area contributed by atoms with Crippen LogP contribution in [0, 0.1) is 5.82 Å². The second kappa shape index (κ2) is 11.0. The van der Waals surface area contributed by atoms with Gasteiger partial charge in [-0.05, 0) is 19.1 Å². The number of carbonyl (C=O) groups is 1. The van der Waals surface area contributed by atoms with Crippen molar-refractivity contribution in [3.05, 3.63) is 79.1 Å². The zero-order valence-corrected chi connectivity index (χ0v) is 13.9. The van der Waals surface area contributed by atoms with Crippen LogP contribution in [0.3, 0.4) is 0 Å². The standard InChI is InChI=1S/C9H7NO.C6H5F.C3H6O2S/c1-2-4-8(5-3-1)9-6-11-7-10-9;7-6-4-2-1-3-5-6;1-2(6)3(4)5/h1-7H;1-5H;2,6H,1H3,(H,4,5). The molecule has 0 saturated carbocycles. The summed E-state index contributed by atoms with van der Waals surface area (Å²) in [5.41, 5.74) is 1.96. The van der Waals surface area contributed by atoms with E-state index in [1.54, 1.807) is 24.5 Å². The van der Waals surface area contributed by atoms with Gasteiger partial charge in [-0.2, -0.15) is 12.6 Å². The molecule has 1 unspecified atom stereocenters. The predicted molar refractivity (Wildman–Crippen MR) is 94.4 cm³/mol. The molecule has 3 aromatic rings. The molecule has 0 fully saturated rings. The smallest absolute Gasteiger partial charge is 0.316 e. The molecule has 0 bridgehead atoms. The quantitative estimate of drug-likeness (QED) is 0.667. The molecule has 1 aromatic heterocycles. The van der Waals surface area contributed by atoms with Crippen LogP contribution in [-0.4, -0.2) is 21.3 Å². The number of thiol groups is 1. The fraction of sp³-hybridized carbons (Fsp3) is 0.111. The van der Waals surface area contributed by atoms with E-state index in [1.165, 1.54) is 25.5 Å². The molecule has 6 heteroatoms. The lowest BCUT2D eigenvalue weighted by molar-refractivity contribution is -0.136. The molecule has 0 radical (unpaired) electrons. The molecule has 4 nitrogen and oxygen atoms in total. The summed E-state index contributed by atoms with van der Waals surface area (Å²) >= 11 is 3.59. The maximum atomic E-state index is 11.9. The first-order chi connectivity index (χ1) is 11.5. The molecule has 0 aliphatic heterocycles. The lowest BCUT2D eigenvalue weighted by Crippen LogP contribution is -2.06. The van der Waals surface area contributed by atoms with Crippen LogP contribution in [0.25, 0.3) is 11.3 Å². The number of aliphatic carboxylic acids is 1. The van der Waals surface area contributed by atoms with Crippen molar-refractivity contribution in [2.24, 2.45) is 0 Å². The third-order valence-corrected chi connectivity index (χ3v) is 2.81. The SMILES string of the molecule is CC(S)C(=O)O.Fc1ccccc1.c1ccc(-c2cocn2)cc1. The first-order valence-corrected chi connectivity index (χ1v) is 7.57. The summed E-state index contributed by atoms with van der Waals surface area (Å²) in [7, 11) is 0. The van der Waals surface area contributed by atoms with E-state index in [-0.39, 0.29) is 5.82 Å². The van der Waals surface area contributed by atoms with Crippen molar-refractivity contribution in [1.82, 2.24) is 4.98 Å². The van der Waals surface area contributed by atoms with Gasteiger partial charge < -0.3 is 9.52 Å². The minimum absolute atomic E-state index is 0.178. The fourth-order valence-corrected chi connectivity index (χ4v) is 1.38. The Bertz CT molecular complexity index is 689. The monoisotopic (exact) mass is 347 g/mol. The number of oxazole rings is 1. The summed E-state index contributed by atoms with van der Waals surface area (Å²) in [5.74, 6) is -1.05. The van der Waals surface area contributed by atoms with E-state index in [4.69, 9.17) is 9.52 Å². The molecule has 0 amide bonds. The summed E-state index contributed by atoms with van der Waals surface area (Å²) in [5, 5.41) is 7.38. The van der Waals surface area contributed by atoms with Crippen molar-refractivity contribution in [2.75, 3.05) is 0 Å². The number of aromatic nitrogens is 1. The number of halogens is 1. The fourth-order valence-electron chi connectivity index (χ4n) is 1.38. The zero-order chi connectivity index (χ0) is 17.8. The van der Waals surface area contributed by atoms with Gasteiger partial charge in [0.1, 0.15) is 17.8 Å². The molecule has 126 valence electrons. The Hall–Kier alpha value is -2.60. The van der Waals surface area contributed by atoms with E-state index in [1.807, 2.05) is 30.3 Å². The topological polar surface area (TPSA) is 63.3 Å². The Kier molecular flexibility index (Phi) is 8.93. The van der Waals surface area contributed by atoms with E-state index >= 15 is 0 Å². The number of benzene rings is 2. The number of rotatable bonds is 2. The molecule has 3 rings (SSSR count). The maximum absolute atomic E-state index is 11.9. The van der Waals surface area contributed by atoms with Gasteiger partial charge in [0.05, 0.1) is 5.25 Å². The predicted octanol–water partition coefficient (Wildman–Crippen LogP) is 4.56. The average molecular weight is 347 g/mol. The Labute approximate surface area is 145 Å². The molecule has 0 aliphatic carbocycles. The van der Waals surface area contributed by atoms with Gasteiger partial charge >= 0.3 is 5.97 Å². The number of carboxylic acid groups (broad SMARTS) is 1. The van der Waals surface area contributed by atoms with Gasteiger partial charge in [0.2, 0.25) is 0 Å². The average Bonchev–Trinajstić information content (AvgIpc) is 3.12. The van der Waals surface area contributed by atoms with Crippen molar-refractivity contribution < 1.29 is 18.7 Å². The third-order valence-electron chi connectivity index (χ3n) is 2.59. The Morgan fingerprint density at radius 1 is 1.12 bits per heavy atom. The van der Waals surface area contributed by atoms with Crippen molar-refractivity contribution in [3.63, 3.8) is 0 Å². The van der Waals surface area contributed by atoms with Crippen LogP contribution in [0.1, 0.15) is 6.92 Å². The van der Waals surface area contributed by atoms with Crippen LogP contribution in [0.4, 0.5) is 4.39 Å². The van der Waals surface area contributed by atoms with E-state index in [0.29, 0.717) is 0 Å². The minimum Gasteiger partial charge on any atom is -0.480 e. The summed E-state index contributed by atoms with van der Waals surface area (Å²) in [4.78, 5) is 13.6. The van der Waals surface area contributed by atoms with Gasteiger partial charge in [0.25, 0.3) is 0 Å². The van der Waals surface area contributed by atoms with E-state index in [9.17, 15) is 9.18 Å². The second-order valence-corrected chi connectivity index (χ2v) is 5.32. The second-order valence-electron chi connectivity index (χ2n) is 4.55. The van der Waals surface area contributed by atoms with E-state index in [2.05, 4.69) is 17.6 Å². The summed E-state index contributed by atoms with van der Waals surface area (Å²) in [6, 6.07) is 17.9. The van der Waals surface area contributed by atoms with Gasteiger partial charge in [-0.3, -0.25) is 4.79 Å². The van der Waals surface area contributed by atoms with Crippen LogP contribution in [0.2, 0.25) is 0 Å². The normalized spacial score (nSPS) is 10.5. The summed E-state index contributed by atoms with van der Waals surface area (Å²) in [6.45, 7) is 1.51. The molecule has 0 spiro atoms. The summed E-state index contributed by atoms with van der Waals surface area (Å²) in [6.07, 6.45) is 3.07. The molecule has 0 saturated heterocycles. The molecular weight excluding hydrogens is 329 g/mol. The molecule has 1 N–H and O–H groups in total. The molecular formula is C18H18FNO3S. The lowest BCUT2D eigenvalue weighted by Gasteiger charge is -1.91. The van der Waals surface area contributed by atoms with Crippen LogP contribution < -0.4 is 0 Å². The highest BCUT2D eigenvalue weighted by atomic mass is 32.1. The molecule has 0 aliphatic rings. The lowest BCUT2D eigenvalue weighted by atomic mass is 10.2. The molecule has 24 heavy (non-hydrogen) atoms. The highest BCUT2D eigenvalue weighted by Crippen LogP contribution is 2.14. The van der Waals surface area contributed by atoms with Crippen molar-refractivity contribution in [2.45, 2.75) is 12.2 Å². The van der Waals surface area contributed by atoms with Crippen molar-refractivity contribution in [3.8, 4) is 11.3 Å². The Morgan fingerprint density at radius 2 is 1.62 bits per heavy atom. The molecule has 1 heterocycles. The zero-order valence-electron chi connectivity index (χ0n) is 13.0. The minimum atomic E-state index is -0.877. The summed E-state index contributed by atoms with van der Waals surface area (Å²) < 4.78 is 16.8. The first-order valence-electron chi connectivity index (χ1n) is 7.05. The maximum Gasteiger partial charge on any atom is 0.316 e. The van der Waals surface area contributed by atoms with Crippen LogP contribution in [0.5, 0.6) is 0 Å². The third kappa shape index (κ3) is 8.14. The van der Waals surface area contributed by atoms with Gasteiger partial charge in [-0.25, -0.2) is 9.37 Å². The molecule has 2 aromatic carbocycles. The molecule has 1 atom stereocenters. The van der Waals surface area contributed by atoms with E-state index < -0.39 is 11.2 Å². The number of carboxylic acids is 1. The highest BCUT2D eigenvalue weighted by molar-refractivity contribution is 7.81. The van der Waals surface area contributed by atoms with E-state index in [0.717, 1.165) is 11.3 Å². The van der Waals surface area contributed by atoms with Gasteiger partial charge in [-0.15, -0.1) is 0 Å². The number of nitrogens with zero attached hydrogens (tertiary/aromatic N) is 1. The highest BCUT2D eigenvalue weighted by Gasteiger charge is 2.00. The van der Waals surface area contributed by atoms with Crippen LogP contribution in [0.15, 0.2) is 77.7 Å². The number of hydrogen-bond donors (Lipinski definition) is 2. The van der Waals surface area contributed by atoms with Crippen LogP contribution in [-0.2, 0) is 4.79 Å². The van der Waals surface area contributed by atoms with Gasteiger partial charge in [0.15, 0.2) is 6.39 Å². The Balaban J connectivity index is 0.000000194. The van der Waals surface area contributed by atoms with Crippen molar-refractivity contribution >= 4 is 18.6 Å². The van der Waals surface area contributed by atoms with Gasteiger partial charge in [-0.1, -0.05) is 48.5 Å². The van der Waals surface area contributed by atoms with Gasteiger partial charge in [0, 0.05) is 5.56 Å². The largest absolute Gasteiger partial charge is 0.480 e. The Morgan fingerprint density at radius 3 is 1.96 bits per heavy atom. The number of hydrogen-bond acceptors (Lipinski definition) is 4. The van der Waals surface area contributed by atoms with Crippen LogP contribution >= 0.6 is 12.6 Å².